The van der Waals surface area contributed by atoms with Crippen LogP contribution >= 0.6 is 0 Å². The van der Waals surface area contributed by atoms with Crippen molar-refractivity contribution in [2.45, 2.75) is 13.3 Å². The number of hydrogen-bond acceptors (Lipinski definition) is 3. The number of H-pyrrole nitrogens is 2. The largest absolute Gasteiger partial charge is 0.378 e. The van der Waals surface area contributed by atoms with Crippen LogP contribution in [0.3, 0.4) is 0 Å². The molecule has 5 aromatic rings. The number of fused-ring (bicyclic) bond motifs is 4. The lowest BCUT2D eigenvalue weighted by Crippen LogP contribution is -2.11. The fourth-order valence-corrected chi connectivity index (χ4v) is 4.13. The molecule has 0 radical (unpaired) electrons. The summed E-state index contributed by atoms with van der Waals surface area (Å²) in [5, 5.41) is 2.52. The summed E-state index contributed by atoms with van der Waals surface area (Å²) in [6.45, 7) is 2.05. The molecule has 3 aromatic carbocycles. The second-order valence-corrected chi connectivity index (χ2v) is 7.67. The zero-order valence-electron chi connectivity index (χ0n) is 16.6. The van der Waals surface area contributed by atoms with Gasteiger partial charge in [0.05, 0.1) is 22.1 Å². The number of benzene rings is 3. The third-order valence-electron chi connectivity index (χ3n) is 5.71. The average Bonchev–Trinajstić information content (AvgIpc) is 2.72. The van der Waals surface area contributed by atoms with Crippen LogP contribution in [0.4, 0.5) is 5.69 Å². The van der Waals surface area contributed by atoms with E-state index in [9.17, 15) is 9.59 Å². The van der Waals surface area contributed by atoms with E-state index in [0.29, 0.717) is 27.2 Å². The molecule has 0 aliphatic rings. The molecule has 0 aliphatic heterocycles. The molecule has 0 saturated heterocycles. The van der Waals surface area contributed by atoms with E-state index < -0.39 is 0 Å². The van der Waals surface area contributed by atoms with Gasteiger partial charge < -0.3 is 14.9 Å². The Labute approximate surface area is 166 Å². The molecule has 0 amide bonds. The van der Waals surface area contributed by atoms with E-state index in [-0.39, 0.29) is 10.9 Å². The number of anilines is 1. The number of aromatic nitrogens is 2. The first-order valence-corrected chi connectivity index (χ1v) is 9.72. The van der Waals surface area contributed by atoms with Crippen LogP contribution in [0, 0.1) is 0 Å². The van der Waals surface area contributed by atoms with Gasteiger partial charge in [-0.1, -0.05) is 19.1 Å². The number of nitrogens with zero attached hydrogens (tertiary/aromatic N) is 1. The van der Waals surface area contributed by atoms with Crippen LogP contribution < -0.4 is 15.8 Å². The molecule has 5 rings (SSSR count). The van der Waals surface area contributed by atoms with Gasteiger partial charge in [-0.25, -0.2) is 0 Å². The number of pyridine rings is 2. The molecule has 29 heavy (non-hydrogen) atoms. The molecule has 0 fully saturated rings. The van der Waals surface area contributed by atoms with Gasteiger partial charge in [0.1, 0.15) is 0 Å². The zero-order valence-corrected chi connectivity index (χ0v) is 16.6. The Morgan fingerprint density at radius 3 is 2.10 bits per heavy atom. The minimum Gasteiger partial charge on any atom is -0.378 e. The monoisotopic (exact) mass is 383 g/mol. The first-order chi connectivity index (χ1) is 14.0. The predicted molar refractivity (Wildman–Crippen MR) is 121 cm³/mol. The lowest BCUT2D eigenvalue weighted by molar-refractivity contribution is 1.13. The highest BCUT2D eigenvalue weighted by Gasteiger charge is 2.13. The highest BCUT2D eigenvalue weighted by atomic mass is 16.1. The Hall–Kier alpha value is -3.60. The van der Waals surface area contributed by atoms with Crippen LogP contribution in [0.2, 0.25) is 0 Å². The molecule has 0 unspecified atom stereocenters. The summed E-state index contributed by atoms with van der Waals surface area (Å²) in [5.74, 6) is 0. The van der Waals surface area contributed by atoms with Crippen molar-refractivity contribution in [2.24, 2.45) is 0 Å². The van der Waals surface area contributed by atoms with Crippen molar-refractivity contribution in [3.8, 4) is 0 Å². The van der Waals surface area contributed by atoms with Crippen LogP contribution in [0.15, 0.2) is 58.1 Å². The predicted octanol–water partition coefficient (Wildman–Crippen LogP) is 4.30. The molecular weight excluding hydrogens is 362 g/mol. The van der Waals surface area contributed by atoms with Gasteiger partial charge in [0.2, 0.25) is 0 Å². The van der Waals surface area contributed by atoms with Gasteiger partial charge in [-0.2, -0.15) is 0 Å². The van der Waals surface area contributed by atoms with Crippen LogP contribution in [-0.4, -0.2) is 24.1 Å². The SMILES string of the molecule is CCc1cccc2[nH]c3cc4c(=O)c5ccc(N(C)C)cc5[nH]c4cc3c(=O)c12. The molecule has 0 aliphatic carbocycles. The number of nitrogens with one attached hydrogen (secondary N) is 2. The molecule has 2 N–H and O–H groups in total. The van der Waals surface area contributed by atoms with Gasteiger partial charge in [-0.15, -0.1) is 0 Å². The van der Waals surface area contributed by atoms with Crippen molar-refractivity contribution in [3.63, 3.8) is 0 Å². The molecule has 5 heteroatoms. The Bertz CT molecular complexity index is 1560. The molecule has 0 atom stereocenters. The second-order valence-electron chi connectivity index (χ2n) is 7.67. The van der Waals surface area contributed by atoms with Crippen molar-refractivity contribution in [3.05, 3.63) is 74.5 Å². The van der Waals surface area contributed by atoms with Crippen LogP contribution in [0.1, 0.15) is 12.5 Å². The van der Waals surface area contributed by atoms with Gasteiger partial charge in [-0.05, 0) is 48.4 Å². The van der Waals surface area contributed by atoms with Crippen LogP contribution in [-0.2, 0) is 6.42 Å². The normalized spacial score (nSPS) is 11.7. The lowest BCUT2D eigenvalue weighted by Gasteiger charge is -2.13. The Kier molecular flexibility index (Phi) is 3.74. The van der Waals surface area contributed by atoms with Gasteiger partial charge in [0.25, 0.3) is 0 Å². The van der Waals surface area contributed by atoms with E-state index in [2.05, 4.69) is 9.97 Å². The highest BCUT2D eigenvalue weighted by molar-refractivity contribution is 6.03. The molecule has 2 heterocycles. The van der Waals surface area contributed by atoms with Crippen molar-refractivity contribution >= 4 is 49.3 Å². The van der Waals surface area contributed by atoms with Gasteiger partial charge in [-0.3, -0.25) is 9.59 Å². The van der Waals surface area contributed by atoms with Crippen molar-refractivity contribution in [2.75, 3.05) is 19.0 Å². The standard InChI is InChI=1S/C24H21N3O2/c1-4-13-6-5-7-18-22(13)24(29)17-12-20-16(11-21(17)25-18)23(28)15-9-8-14(27(2)3)10-19(15)26-20/h5-12H,4H2,1-3H3,(H,25,29)(H,26,28). The molecule has 2 aromatic heterocycles. The van der Waals surface area contributed by atoms with Gasteiger partial charge >= 0.3 is 0 Å². The maximum Gasteiger partial charge on any atom is 0.197 e. The van der Waals surface area contributed by atoms with E-state index in [1.807, 2.05) is 62.3 Å². The maximum absolute atomic E-state index is 13.3. The van der Waals surface area contributed by atoms with E-state index in [4.69, 9.17) is 0 Å². The Balaban J connectivity index is 1.93. The average molecular weight is 383 g/mol. The van der Waals surface area contributed by atoms with E-state index in [1.54, 1.807) is 12.1 Å². The van der Waals surface area contributed by atoms with E-state index >= 15 is 0 Å². The first-order valence-electron chi connectivity index (χ1n) is 9.72. The quantitative estimate of drug-likeness (QED) is 0.447. The minimum atomic E-state index is -0.0378. The zero-order chi connectivity index (χ0) is 20.3. The summed E-state index contributed by atoms with van der Waals surface area (Å²) in [6, 6.07) is 15.2. The summed E-state index contributed by atoms with van der Waals surface area (Å²) < 4.78 is 0. The molecule has 0 saturated carbocycles. The van der Waals surface area contributed by atoms with Crippen LogP contribution in [0.25, 0.3) is 43.6 Å². The number of aryl methyl sites for hydroxylation is 1. The molecular formula is C24H21N3O2. The van der Waals surface area contributed by atoms with Crippen molar-refractivity contribution in [1.82, 2.24) is 9.97 Å². The number of rotatable bonds is 2. The second kappa shape index (κ2) is 6.21. The smallest absolute Gasteiger partial charge is 0.197 e. The molecule has 0 bridgehead atoms. The highest BCUT2D eigenvalue weighted by Crippen LogP contribution is 2.24. The van der Waals surface area contributed by atoms with Gasteiger partial charge in [0.15, 0.2) is 10.9 Å². The van der Waals surface area contributed by atoms with E-state index in [0.717, 1.165) is 34.1 Å². The third kappa shape index (κ3) is 2.54. The number of hydrogen-bond donors (Lipinski definition) is 2. The summed E-state index contributed by atoms with van der Waals surface area (Å²) in [5.41, 5.74) is 4.90. The van der Waals surface area contributed by atoms with E-state index in [1.165, 1.54) is 0 Å². The summed E-state index contributed by atoms with van der Waals surface area (Å²) in [6.07, 6.45) is 0.786. The Morgan fingerprint density at radius 1 is 0.759 bits per heavy atom. The summed E-state index contributed by atoms with van der Waals surface area (Å²) in [4.78, 5) is 35.1. The first kappa shape index (κ1) is 17.5. The Morgan fingerprint density at radius 2 is 1.41 bits per heavy atom. The number of aromatic amines is 2. The third-order valence-corrected chi connectivity index (χ3v) is 5.71. The topological polar surface area (TPSA) is 69.0 Å². The fraction of sp³-hybridized carbons (Fsp3) is 0.167. The molecule has 5 nitrogen and oxygen atoms in total. The van der Waals surface area contributed by atoms with Crippen LogP contribution in [0.5, 0.6) is 0 Å². The molecule has 144 valence electrons. The molecule has 0 spiro atoms. The minimum absolute atomic E-state index is 0.00362. The lowest BCUT2D eigenvalue weighted by atomic mass is 10.0. The summed E-state index contributed by atoms with van der Waals surface area (Å²) in [7, 11) is 3.92. The van der Waals surface area contributed by atoms with Gasteiger partial charge in [0, 0.05) is 41.3 Å². The van der Waals surface area contributed by atoms with Crippen molar-refractivity contribution < 1.29 is 0 Å². The maximum atomic E-state index is 13.3. The van der Waals surface area contributed by atoms with Crippen molar-refractivity contribution in [1.29, 1.82) is 0 Å². The fourth-order valence-electron chi connectivity index (χ4n) is 4.13. The summed E-state index contributed by atoms with van der Waals surface area (Å²) >= 11 is 0.